The van der Waals surface area contributed by atoms with E-state index in [1.165, 1.54) is 12.1 Å². The van der Waals surface area contributed by atoms with Crippen LogP contribution in [0.2, 0.25) is 5.02 Å². The minimum absolute atomic E-state index is 0.197. The molecule has 21 heavy (non-hydrogen) atoms. The van der Waals surface area contributed by atoms with Crippen LogP contribution >= 0.6 is 11.6 Å². The minimum atomic E-state index is -1.08. The van der Waals surface area contributed by atoms with Gasteiger partial charge >= 0.3 is 0 Å². The number of benzene rings is 1. The van der Waals surface area contributed by atoms with Crippen molar-refractivity contribution in [2.45, 2.75) is 26.2 Å². The largest absolute Gasteiger partial charge is 0.292 e. The molecule has 1 aromatic heterocycles. The fourth-order valence-electron chi connectivity index (χ4n) is 1.89. The Morgan fingerprint density at radius 2 is 2.10 bits per heavy atom. The fourth-order valence-corrected chi connectivity index (χ4v) is 2.05. The molecule has 2 aromatic rings. The molecule has 0 radical (unpaired) electrons. The van der Waals surface area contributed by atoms with Gasteiger partial charge in [-0.1, -0.05) is 17.7 Å². The Bertz CT molecular complexity index is 677. The van der Waals surface area contributed by atoms with Crippen LogP contribution in [-0.2, 0) is 17.3 Å². The molecule has 1 amide bonds. The molecule has 1 aromatic carbocycles. The Hall–Kier alpha value is -1.95. The zero-order valence-corrected chi connectivity index (χ0v) is 13.0. The van der Waals surface area contributed by atoms with E-state index in [0.29, 0.717) is 5.82 Å². The Balaban J connectivity index is 2.27. The highest BCUT2D eigenvalue weighted by molar-refractivity contribution is 6.30. The standard InChI is InChI=1S/C14H16ClFN4O/c1-8-17-13(19-20(8)4)18-12(21)14(2,3)10-6-5-9(15)7-11(10)16/h5-7H,1-4H3,(H,18,19,21). The number of aryl methyl sites for hydroxylation is 2. The molecule has 0 saturated heterocycles. The summed E-state index contributed by atoms with van der Waals surface area (Å²) in [5.41, 5.74) is -0.820. The van der Waals surface area contributed by atoms with Crippen molar-refractivity contribution < 1.29 is 9.18 Å². The first kappa shape index (κ1) is 15.4. The number of nitrogens with zero attached hydrogens (tertiary/aromatic N) is 3. The summed E-state index contributed by atoms with van der Waals surface area (Å²) >= 11 is 5.73. The van der Waals surface area contributed by atoms with Gasteiger partial charge < -0.3 is 0 Å². The van der Waals surface area contributed by atoms with Crippen LogP contribution in [0.3, 0.4) is 0 Å². The lowest BCUT2D eigenvalue weighted by atomic mass is 9.83. The van der Waals surface area contributed by atoms with E-state index in [-0.39, 0.29) is 16.5 Å². The van der Waals surface area contributed by atoms with Gasteiger partial charge in [0.1, 0.15) is 11.6 Å². The van der Waals surface area contributed by atoms with Gasteiger partial charge in [-0.2, -0.15) is 4.98 Å². The molecule has 5 nitrogen and oxygen atoms in total. The average Bonchev–Trinajstić information content (AvgIpc) is 2.67. The summed E-state index contributed by atoms with van der Waals surface area (Å²) in [4.78, 5) is 16.5. The van der Waals surface area contributed by atoms with Crippen LogP contribution in [0.5, 0.6) is 0 Å². The number of aromatic nitrogens is 3. The highest BCUT2D eigenvalue weighted by Gasteiger charge is 2.33. The van der Waals surface area contributed by atoms with Gasteiger partial charge in [-0.25, -0.2) is 4.39 Å². The number of halogens is 2. The van der Waals surface area contributed by atoms with Gasteiger partial charge in [-0.15, -0.1) is 5.10 Å². The second-order valence-corrected chi connectivity index (χ2v) is 5.75. The third-order valence-electron chi connectivity index (χ3n) is 3.38. The lowest BCUT2D eigenvalue weighted by Gasteiger charge is -2.23. The number of carbonyl (C=O) groups is 1. The first-order chi connectivity index (χ1) is 9.71. The first-order valence-electron chi connectivity index (χ1n) is 6.36. The summed E-state index contributed by atoms with van der Waals surface area (Å²) in [5.74, 6) is -0.0506. The van der Waals surface area contributed by atoms with Crippen molar-refractivity contribution in [1.29, 1.82) is 0 Å². The van der Waals surface area contributed by atoms with E-state index < -0.39 is 17.1 Å². The monoisotopic (exact) mass is 310 g/mol. The number of anilines is 1. The Kier molecular flexibility index (Phi) is 4.00. The minimum Gasteiger partial charge on any atom is -0.292 e. The van der Waals surface area contributed by atoms with E-state index in [2.05, 4.69) is 15.4 Å². The molecular weight excluding hydrogens is 295 g/mol. The molecule has 0 saturated carbocycles. The van der Waals surface area contributed by atoms with Crippen LogP contribution < -0.4 is 5.32 Å². The Labute approximate surface area is 127 Å². The first-order valence-corrected chi connectivity index (χ1v) is 6.74. The second kappa shape index (κ2) is 5.44. The summed E-state index contributed by atoms with van der Waals surface area (Å²) in [6.45, 7) is 5.03. The number of carbonyl (C=O) groups excluding carboxylic acids is 1. The van der Waals surface area contributed by atoms with Gasteiger partial charge in [0.15, 0.2) is 0 Å². The number of hydrogen-bond donors (Lipinski definition) is 1. The molecule has 1 N–H and O–H groups in total. The SMILES string of the molecule is Cc1nc(NC(=O)C(C)(C)c2ccc(Cl)cc2F)nn1C. The maximum Gasteiger partial charge on any atom is 0.248 e. The van der Waals surface area contributed by atoms with Gasteiger partial charge in [-0.05, 0) is 32.9 Å². The molecule has 0 spiro atoms. The van der Waals surface area contributed by atoms with Crippen LogP contribution in [0.4, 0.5) is 10.3 Å². The Morgan fingerprint density at radius 3 is 2.62 bits per heavy atom. The van der Waals surface area contributed by atoms with Crippen LogP contribution in [0.1, 0.15) is 25.2 Å². The molecule has 0 atom stereocenters. The topological polar surface area (TPSA) is 59.8 Å². The molecule has 0 aliphatic heterocycles. The average molecular weight is 311 g/mol. The third kappa shape index (κ3) is 3.05. The highest BCUT2D eigenvalue weighted by atomic mass is 35.5. The lowest BCUT2D eigenvalue weighted by molar-refractivity contribution is -0.120. The molecule has 0 aliphatic carbocycles. The smallest absolute Gasteiger partial charge is 0.248 e. The number of amides is 1. The van der Waals surface area contributed by atoms with Crippen molar-refractivity contribution in [2.75, 3.05) is 5.32 Å². The van der Waals surface area contributed by atoms with Gasteiger partial charge in [0.05, 0.1) is 5.41 Å². The van der Waals surface area contributed by atoms with E-state index in [0.717, 1.165) is 0 Å². The van der Waals surface area contributed by atoms with Crippen molar-refractivity contribution in [1.82, 2.24) is 14.8 Å². The van der Waals surface area contributed by atoms with Crippen LogP contribution in [0, 0.1) is 12.7 Å². The molecule has 2 rings (SSSR count). The van der Waals surface area contributed by atoms with E-state index in [4.69, 9.17) is 11.6 Å². The number of nitrogens with one attached hydrogen (secondary N) is 1. The summed E-state index contributed by atoms with van der Waals surface area (Å²) in [6.07, 6.45) is 0. The molecule has 1 heterocycles. The van der Waals surface area contributed by atoms with E-state index in [1.807, 2.05) is 0 Å². The molecule has 112 valence electrons. The van der Waals surface area contributed by atoms with E-state index in [9.17, 15) is 9.18 Å². The highest BCUT2D eigenvalue weighted by Crippen LogP contribution is 2.28. The van der Waals surface area contributed by atoms with Gasteiger partial charge in [0.2, 0.25) is 11.9 Å². The maximum absolute atomic E-state index is 14.0. The van der Waals surface area contributed by atoms with Gasteiger partial charge in [0, 0.05) is 17.6 Å². The lowest BCUT2D eigenvalue weighted by Crippen LogP contribution is -2.36. The maximum atomic E-state index is 14.0. The van der Waals surface area contributed by atoms with Crippen LogP contribution in [-0.4, -0.2) is 20.7 Å². The summed E-state index contributed by atoms with van der Waals surface area (Å²) in [6, 6.07) is 4.25. The molecule has 0 unspecified atom stereocenters. The van der Waals surface area contributed by atoms with E-state index >= 15 is 0 Å². The zero-order chi connectivity index (χ0) is 15.8. The molecule has 0 aliphatic rings. The van der Waals surface area contributed by atoms with Crippen LogP contribution in [0.25, 0.3) is 0 Å². The van der Waals surface area contributed by atoms with E-state index in [1.54, 1.807) is 38.6 Å². The number of rotatable bonds is 3. The normalized spacial score (nSPS) is 11.5. The van der Waals surface area contributed by atoms with Crippen molar-refractivity contribution in [2.24, 2.45) is 7.05 Å². The van der Waals surface area contributed by atoms with Crippen LogP contribution in [0.15, 0.2) is 18.2 Å². The van der Waals surface area contributed by atoms with Crippen molar-refractivity contribution in [3.63, 3.8) is 0 Å². The van der Waals surface area contributed by atoms with Crippen molar-refractivity contribution in [3.8, 4) is 0 Å². The van der Waals surface area contributed by atoms with Crippen molar-refractivity contribution >= 4 is 23.5 Å². The molecule has 0 bridgehead atoms. The number of hydrogen-bond acceptors (Lipinski definition) is 3. The Morgan fingerprint density at radius 1 is 1.43 bits per heavy atom. The summed E-state index contributed by atoms with van der Waals surface area (Å²) in [5, 5.41) is 6.94. The molecular formula is C14H16ClFN4O. The summed E-state index contributed by atoms with van der Waals surface area (Å²) in [7, 11) is 1.72. The van der Waals surface area contributed by atoms with Crippen molar-refractivity contribution in [3.05, 3.63) is 40.4 Å². The zero-order valence-electron chi connectivity index (χ0n) is 12.2. The quantitative estimate of drug-likeness (QED) is 0.948. The van der Waals surface area contributed by atoms with Gasteiger partial charge in [0.25, 0.3) is 0 Å². The molecule has 7 heteroatoms. The predicted molar refractivity (Wildman–Crippen MR) is 78.8 cm³/mol. The van der Waals surface area contributed by atoms with Gasteiger partial charge in [-0.3, -0.25) is 14.8 Å². The second-order valence-electron chi connectivity index (χ2n) is 5.31. The third-order valence-corrected chi connectivity index (χ3v) is 3.61. The fraction of sp³-hybridized carbons (Fsp3) is 0.357. The summed E-state index contributed by atoms with van der Waals surface area (Å²) < 4.78 is 15.6. The molecule has 0 fully saturated rings. The predicted octanol–water partition coefficient (Wildman–Crippen LogP) is 2.83.